The van der Waals surface area contributed by atoms with Crippen molar-refractivity contribution in [3.8, 4) is 0 Å². The minimum atomic E-state index is -0.620. The fourth-order valence-electron chi connectivity index (χ4n) is 11.8. The van der Waals surface area contributed by atoms with Gasteiger partial charge in [0.1, 0.15) is 35.6 Å². The third-order valence-electron chi connectivity index (χ3n) is 17.5. The molecule has 0 spiro atoms. The van der Waals surface area contributed by atoms with E-state index < -0.39 is 18.1 Å². The van der Waals surface area contributed by atoms with Crippen LogP contribution in [0.25, 0.3) is 0 Å². The molecule has 3 aromatic heterocycles. The molecule has 89 heavy (non-hydrogen) atoms. The molecule has 3 aliphatic rings. The molecule has 3 aromatic carbocycles. The molecule has 9 atom stereocenters. The number of rotatable bonds is 18. The van der Waals surface area contributed by atoms with Gasteiger partial charge in [-0.2, -0.15) is 0 Å². The van der Waals surface area contributed by atoms with Crippen LogP contribution in [0.3, 0.4) is 0 Å². The molecule has 9 rings (SSSR count). The predicted octanol–water partition coefficient (Wildman–Crippen LogP) is 7.01. The number of nitrogens with one attached hydrogen (secondary N) is 6. The standard InChI is InChI=1S/2C23H31N5O2.C23H30N4O2/c2*1-15-19(9-10-21(24)26-15)14-25-22(29)16(2)27-23(30)20-13-18(11-12-28(20)3)17-7-5-4-6-8-17;1-15-20(11-12-21(24)26-15)14-25-22(28)16(2)27-23(29)19-10-6-9-18(13-19)17-7-4-3-5-8-17/h2*4-10,16,18,20H,11-14H2,1-3H3,(H2,24,26)(H,25,29)(H,27,30);3-5,7-8,11-12,16,18-19H,6,9-10,13-14H2,1-2H3,(H2,24,26)(H,25,28)(H,27,29)/t2*16-,18-,20+;16-,18-,19+/m000/s1. The number of benzene rings is 3. The number of hydrogen-bond acceptors (Lipinski definition) is 14. The summed E-state index contributed by atoms with van der Waals surface area (Å²) < 4.78 is 0. The average molecular weight is 1210 g/mol. The third-order valence-corrected chi connectivity index (χ3v) is 17.5. The number of carbonyl (C=O) groups excluding carboxylic acids is 6. The Hall–Kier alpha value is -8.75. The van der Waals surface area contributed by atoms with E-state index in [1.807, 2.05) is 108 Å². The van der Waals surface area contributed by atoms with Gasteiger partial charge in [0.25, 0.3) is 0 Å². The van der Waals surface area contributed by atoms with Crippen LogP contribution in [0.15, 0.2) is 127 Å². The molecule has 20 nitrogen and oxygen atoms in total. The number of amides is 6. The molecule has 12 N–H and O–H groups in total. The summed E-state index contributed by atoms with van der Waals surface area (Å²) in [6.07, 6.45) is 7.39. The molecule has 6 amide bonds. The lowest BCUT2D eigenvalue weighted by atomic mass is 9.77. The van der Waals surface area contributed by atoms with E-state index >= 15 is 0 Å². The summed E-state index contributed by atoms with van der Waals surface area (Å²) in [5.41, 5.74) is 25.9. The lowest BCUT2D eigenvalue weighted by Gasteiger charge is -2.36. The van der Waals surface area contributed by atoms with E-state index in [-0.39, 0.29) is 53.4 Å². The number of hydrogen-bond donors (Lipinski definition) is 9. The van der Waals surface area contributed by atoms with Crippen LogP contribution in [0.2, 0.25) is 0 Å². The van der Waals surface area contributed by atoms with Gasteiger partial charge in [0.15, 0.2) is 0 Å². The van der Waals surface area contributed by atoms with Crippen LogP contribution in [0.1, 0.15) is 140 Å². The monoisotopic (exact) mass is 1210 g/mol. The second kappa shape index (κ2) is 33.0. The molecule has 0 radical (unpaired) electrons. The molecule has 2 aliphatic heterocycles. The minimum Gasteiger partial charge on any atom is -0.384 e. The van der Waals surface area contributed by atoms with Crippen molar-refractivity contribution in [1.82, 2.24) is 56.7 Å². The van der Waals surface area contributed by atoms with E-state index in [1.54, 1.807) is 39.0 Å². The van der Waals surface area contributed by atoms with Gasteiger partial charge in [0.2, 0.25) is 35.4 Å². The van der Waals surface area contributed by atoms with Crippen LogP contribution < -0.4 is 49.1 Å². The van der Waals surface area contributed by atoms with Gasteiger partial charge < -0.3 is 49.1 Å². The number of nitrogen functional groups attached to an aromatic ring is 3. The van der Waals surface area contributed by atoms with Crippen LogP contribution in [0.5, 0.6) is 0 Å². The zero-order valence-electron chi connectivity index (χ0n) is 52.9. The van der Waals surface area contributed by atoms with Crippen LogP contribution in [-0.2, 0) is 48.4 Å². The first-order chi connectivity index (χ1) is 42.6. The Morgan fingerprint density at radius 1 is 0.438 bits per heavy atom. The molecule has 1 saturated carbocycles. The number of likely N-dealkylation sites (tertiary alicyclic amines) is 2. The molecule has 5 heterocycles. The SMILES string of the molecule is Cc1nc(N)ccc1CNC(=O)[C@H](C)NC(=O)[C@@H]1CCC[C@H](c2ccccc2)C1.Cc1nc(N)ccc1CNC(=O)[C@H](C)NC(=O)[C@H]1C[C@@H](c2ccccc2)CCN1C.Cc1nc(N)ccc1CNC(=O)[C@H](C)NC(=O)[C@H]1C[C@@H](c2ccccc2)CCN1C. The first kappa shape index (κ1) is 67.8. The maximum Gasteiger partial charge on any atom is 0.242 e. The maximum atomic E-state index is 12.9. The van der Waals surface area contributed by atoms with Gasteiger partial charge in [0, 0.05) is 42.6 Å². The number of aromatic nitrogens is 3. The highest BCUT2D eigenvalue weighted by molar-refractivity contribution is 5.91. The van der Waals surface area contributed by atoms with E-state index in [4.69, 9.17) is 17.2 Å². The summed E-state index contributed by atoms with van der Waals surface area (Å²) in [5.74, 6) is 1.53. The fraction of sp³-hybridized carbons (Fsp3) is 0.435. The van der Waals surface area contributed by atoms with Gasteiger partial charge in [-0.25, -0.2) is 15.0 Å². The summed E-state index contributed by atoms with van der Waals surface area (Å²) in [4.78, 5) is 92.7. The first-order valence-corrected chi connectivity index (χ1v) is 31.1. The Bertz CT molecular complexity index is 3170. The number of piperidine rings is 2. The van der Waals surface area contributed by atoms with Gasteiger partial charge in [0.05, 0.1) is 12.1 Å². The molecular weight excluding hydrogens is 1120 g/mol. The highest BCUT2D eigenvalue weighted by atomic mass is 16.2. The first-order valence-electron chi connectivity index (χ1n) is 31.1. The average Bonchev–Trinajstić information content (AvgIpc) is 2.59. The minimum absolute atomic E-state index is 0.0291. The molecule has 1 aliphatic carbocycles. The third kappa shape index (κ3) is 20.1. The number of pyridine rings is 3. The largest absolute Gasteiger partial charge is 0.384 e. The number of nitrogens with two attached hydrogens (primary N) is 3. The van der Waals surface area contributed by atoms with Crippen molar-refractivity contribution in [1.29, 1.82) is 0 Å². The van der Waals surface area contributed by atoms with E-state index in [1.165, 1.54) is 16.7 Å². The molecule has 0 bridgehead atoms. The van der Waals surface area contributed by atoms with Crippen LogP contribution in [0.4, 0.5) is 17.5 Å². The normalized spacial score (nSPS) is 20.2. The predicted molar refractivity (Wildman–Crippen MR) is 349 cm³/mol. The topological polar surface area (TPSA) is 298 Å². The van der Waals surface area contributed by atoms with Gasteiger partial charge in [-0.1, -0.05) is 116 Å². The van der Waals surface area contributed by atoms with Gasteiger partial charge in [-0.3, -0.25) is 38.6 Å². The van der Waals surface area contributed by atoms with E-state index in [9.17, 15) is 28.8 Å². The molecule has 20 heteroatoms. The smallest absolute Gasteiger partial charge is 0.242 e. The zero-order valence-corrected chi connectivity index (χ0v) is 52.9. The van der Waals surface area contributed by atoms with Gasteiger partial charge >= 0.3 is 0 Å². The quantitative estimate of drug-likeness (QED) is 0.0419. The summed E-state index contributed by atoms with van der Waals surface area (Å²) in [6, 6.07) is 39.4. The van der Waals surface area contributed by atoms with Crippen molar-refractivity contribution in [2.45, 2.75) is 161 Å². The Labute approximate surface area is 524 Å². The lowest BCUT2D eigenvalue weighted by molar-refractivity contribution is -0.132. The number of likely N-dealkylation sites (N-methyl/N-ethyl adjacent to an activating group) is 2. The second-order valence-electron chi connectivity index (χ2n) is 24.0. The maximum absolute atomic E-state index is 12.9. The fourth-order valence-corrected chi connectivity index (χ4v) is 11.8. The van der Waals surface area contributed by atoms with Crippen molar-refractivity contribution < 1.29 is 28.8 Å². The van der Waals surface area contributed by atoms with E-state index in [2.05, 4.69) is 93.1 Å². The highest BCUT2D eigenvalue weighted by Gasteiger charge is 2.35. The number of anilines is 3. The summed E-state index contributed by atoms with van der Waals surface area (Å²) >= 11 is 0. The molecular formula is C69H92N14O6. The van der Waals surface area contributed by atoms with Gasteiger partial charge in [-0.05, 0) is 183 Å². The molecule has 3 fully saturated rings. The van der Waals surface area contributed by atoms with E-state index in [0.717, 1.165) is 98.2 Å². The van der Waals surface area contributed by atoms with Crippen LogP contribution in [-0.4, -0.2) is 118 Å². The molecule has 0 unspecified atom stereocenters. The summed E-state index contributed by atoms with van der Waals surface area (Å²) in [7, 11) is 3.93. The van der Waals surface area contributed by atoms with Crippen molar-refractivity contribution >= 4 is 52.9 Å². The Morgan fingerprint density at radius 2 is 0.753 bits per heavy atom. The number of carbonyl (C=O) groups is 6. The Kier molecular flexibility index (Phi) is 25.1. The summed E-state index contributed by atoms with van der Waals surface area (Å²) in [5, 5.41) is 17.3. The van der Waals surface area contributed by atoms with Crippen molar-refractivity contribution in [2.24, 2.45) is 5.92 Å². The molecule has 6 aromatic rings. The highest BCUT2D eigenvalue weighted by Crippen LogP contribution is 2.37. The zero-order chi connectivity index (χ0) is 64.1. The van der Waals surface area contributed by atoms with Crippen molar-refractivity contribution in [3.63, 3.8) is 0 Å². The molecule has 474 valence electrons. The van der Waals surface area contributed by atoms with Crippen molar-refractivity contribution in [2.75, 3.05) is 44.4 Å². The Balaban J connectivity index is 0.000000190. The van der Waals surface area contributed by atoms with Crippen molar-refractivity contribution in [3.05, 3.63) is 178 Å². The summed E-state index contributed by atoms with van der Waals surface area (Å²) in [6.45, 7) is 13.4. The second-order valence-corrected chi connectivity index (χ2v) is 24.0. The Morgan fingerprint density at radius 3 is 1.08 bits per heavy atom. The molecule has 2 saturated heterocycles. The van der Waals surface area contributed by atoms with Crippen LogP contribution >= 0.6 is 0 Å². The van der Waals surface area contributed by atoms with Gasteiger partial charge in [-0.15, -0.1) is 0 Å². The lowest BCUT2D eigenvalue weighted by Crippen LogP contribution is -2.53. The van der Waals surface area contributed by atoms with E-state index in [0.29, 0.717) is 54.8 Å². The number of nitrogens with zero attached hydrogens (tertiary/aromatic N) is 5. The van der Waals surface area contributed by atoms with Crippen LogP contribution in [0, 0.1) is 26.7 Å². The number of aryl methyl sites for hydroxylation is 3.